The molecule has 0 fully saturated rings. The van der Waals surface area contributed by atoms with E-state index < -0.39 is 19.0 Å². The molecule has 2 rings (SSSR count). The summed E-state index contributed by atoms with van der Waals surface area (Å²) in [4.78, 5) is 21.8. The van der Waals surface area contributed by atoms with Crippen molar-refractivity contribution in [3.05, 3.63) is 46.1 Å². The molecule has 1 N–H and O–H groups in total. The molecule has 0 saturated carbocycles. The highest BCUT2D eigenvalue weighted by molar-refractivity contribution is 6.76. The average molecular weight is 363 g/mol. The second-order valence-corrected chi connectivity index (χ2v) is 12.5. The SMILES string of the molecule is C[Si](C)(C)CCOCn1cc(-c2cccc(C(=O)O)c2)c([N+](=O)[O-])n1. The first-order valence-electron chi connectivity index (χ1n) is 7.81. The van der Waals surface area contributed by atoms with Gasteiger partial charge in [0, 0.05) is 14.7 Å². The van der Waals surface area contributed by atoms with Crippen LogP contribution >= 0.6 is 0 Å². The van der Waals surface area contributed by atoms with Gasteiger partial charge >= 0.3 is 11.8 Å². The standard InChI is InChI=1S/C16H21N3O5Si/c1-25(2,3)8-7-24-11-18-10-14(15(17-18)19(22)23)12-5-4-6-13(9-12)16(20)21/h4-6,9-10H,7-8,11H2,1-3H3,(H,20,21). The van der Waals surface area contributed by atoms with Gasteiger partial charge in [0.25, 0.3) is 0 Å². The molecule has 0 aliphatic rings. The molecule has 0 aliphatic heterocycles. The van der Waals surface area contributed by atoms with Gasteiger partial charge in [-0.25, -0.2) is 4.79 Å². The molecule has 1 aromatic carbocycles. The van der Waals surface area contributed by atoms with Gasteiger partial charge in [0.05, 0.1) is 16.9 Å². The summed E-state index contributed by atoms with van der Waals surface area (Å²) in [5.41, 5.74) is 0.757. The van der Waals surface area contributed by atoms with Gasteiger partial charge in [-0.15, -0.1) is 0 Å². The summed E-state index contributed by atoms with van der Waals surface area (Å²) in [7, 11) is -1.21. The molecule has 0 spiro atoms. The van der Waals surface area contributed by atoms with Crippen LogP contribution in [0.2, 0.25) is 25.7 Å². The van der Waals surface area contributed by atoms with Crippen LogP contribution in [0.5, 0.6) is 0 Å². The summed E-state index contributed by atoms with van der Waals surface area (Å²) in [6, 6.07) is 6.98. The molecule has 0 unspecified atom stereocenters. The van der Waals surface area contributed by atoms with E-state index in [2.05, 4.69) is 24.7 Å². The number of aromatic nitrogens is 2. The third-order valence-corrected chi connectivity index (χ3v) is 5.26. The van der Waals surface area contributed by atoms with Gasteiger partial charge in [-0.05, 0) is 28.7 Å². The third-order valence-electron chi connectivity index (χ3n) is 3.56. The van der Waals surface area contributed by atoms with Crippen LogP contribution in [0.15, 0.2) is 30.5 Å². The van der Waals surface area contributed by atoms with Crippen molar-refractivity contribution in [3.63, 3.8) is 0 Å². The lowest BCUT2D eigenvalue weighted by Gasteiger charge is -2.14. The number of nitrogens with zero attached hydrogens (tertiary/aromatic N) is 3. The number of carboxylic acid groups (broad SMARTS) is 1. The molecule has 0 atom stereocenters. The number of rotatable bonds is 8. The zero-order valence-corrected chi connectivity index (χ0v) is 15.4. The Balaban J connectivity index is 2.21. The van der Waals surface area contributed by atoms with Gasteiger partial charge in [-0.1, -0.05) is 31.8 Å². The molecule has 134 valence electrons. The highest BCUT2D eigenvalue weighted by atomic mass is 28.3. The van der Waals surface area contributed by atoms with Gasteiger partial charge in [0.1, 0.15) is 5.56 Å². The van der Waals surface area contributed by atoms with Gasteiger partial charge < -0.3 is 20.0 Å². The lowest BCUT2D eigenvalue weighted by atomic mass is 10.1. The number of ether oxygens (including phenoxy) is 1. The van der Waals surface area contributed by atoms with Crippen LogP contribution in [0.1, 0.15) is 10.4 Å². The quantitative estimate of drug-likeness (QED) is 0.333. The summed E-state index contributed by atoms with van der Waals surface area (Å²) in [5, 5.41) is 24.3. The smallest absolute Gasteiger partial charge is 0.397 e. The lowest BCUT2D eigenvalue weighted by Crippen LogP contribution is -2.22. The number of aromatic carboxylic acids is 1. The molecule has 0 saturated heterocycles. The molecule has 1 aromatic heterocycles. The second-order valence-electron chi connectivity index (χ2n) is 6.90. The van der Waals surface area contributed by atoms with Gasteiger partial charge in [-0.3, -0.25) is 0 Å². The number of hydrogen-bond donors (Lipinski definition) is 1. The maximum Gasteiger partial charge on any atom is 0.397 e. The average Bonchev–Trinajstić information content (AvgIpc) is 2.95. The van der Waals surface area contributed by atoms with E-state index in [-0.39, 0.29) is 23.7 Å². The molecule has 25 heavy (non-hydrogen) atoms. The minimum Gasteiger partial charge on any atom is -0.478 e. The molecule has 1 heterocycles. The van der Waals surface area contributed by atoms with Gasteiger partial charge in [0.2, 0.25) is 0 Å². The van der Waals surface area contributed by atoms with Crippen molar-refractivity contribution >= 4 is 19.9 Å². The fraction of sp³-hybridized carbons (Fsp3) is 0.375. The van der Waals surface area contributed by atoms with E-state index in [9.17, 15) is 14.9 Å². The predicted molar refractivity (Wildman–Crippen MR) is 95.4 cm³/mol. The van der Waals surface area contributed by atoms with Crippen LogP contribution in [0.4, 0.5) is 5.82 Å². The van der Waals surface area contributed by atoms with E-state index in [1.54, 1.807) is 12.1 Å². The largest absolute Gasteiger partial charge is 0.478 e. The Labute approximate surface area is 146 Å². The molecule has 0 amide bonds. The van der Waals surface area contributed by atoms with Crippen molar-refractivity contribution in [1.29, 1.82) is 0 Å². The zero-order valence-electron chi connectivity index (χ0n) is 14.4. The number of benzene rings is 1. The molecule has 0 bridgehead atoms. The molecule has 0 aliphatic carbocycles. The minimum atomic E-state index is -1.21. The van der Waals surface area contributed by atoms with Crippen LogP contribution in [-0.4, -0.2) is 40.5 Å². The van der Waals surface area contributed by atoms with Crippen LogP contribution in [-0.2, 0) is 11.5 Å². The van der Waals surface area contributed by atoms with E-state index in [1.807, 2.05) is 0 Å². The van der Waals surface area contributed by atoms with Crippen LogP contribution in [0, 0.1) is 10.1 Å². The highest BCUT2D eigenvalue weighted by Crippen LogP contribution is 2.29. The second kappa shape index (κ2) is 7.58. The Morgan fingerprint density at radius 2 is 2.12 bits per heavy atom. The third kappa shape index (κ3) is 5.23. The van der Waals surface area contributed by atoms with Gasteiger partial charge in [0.15, 0.2) is 6.73 Å². The number of carbonyl (C=O) groups is 1. The summed E-state index contributed by atoms with van der Waals surface area (Å²) >= 11 is 0. The maximum atomic E-state index is 11.3. The van der Waals surface area contributed by atoms with Crippen molar-refractivity contribution < 1.29 is 19.6 Å². The number of hydrogen-bond acceptors (Lipinski definition) is 5. The fourth-order valence-electron chi connectivity index (χ4n) is 2.17. The number of nitro groups is 1. The molecule has 8 nitrogen and oxygen atoms in total. The van der Waals surface area contributed by atoms with Gasteiger partial charge in [-0.2, -0.15) is 4.68 Å². The van der Waals surface area contributed by atoms with Crippen LogP contribution < -0.4 is 0 Å². The van der Waals surface area contributed by atoms with E-state index >= 15 is 0 Å². The molecule has 2 aromatic rings. The minimum absolute atomic E-state index is 0.0610. The van der Waals surface area contributed by atoms with E-state index in [4.69, 9.17) is 9.84 Å². The first-order valence-corrected chi connectivity index (χ1v) is 11.5. The first kappa shape index (κ1) is 18.8. The van der Waals surface area contributed by atoms with E-state index in [1.165, 1.54) is 23.0 Å². The normalized spacial score (nSPS) is 11.5. The molecular formula is C16H21N3O5Si. The van der Waals surface area contributed by atoms with Crippen molar-refractivity contribution in [2.45, 2.75) is 32.4 Å². The Hall–Kier alpha value is -2.52. The summed E-state index contributed by atoms with van der Waals surface area (Å²) in [5.74, 6) is -1.41. The van der Waals surface area contributed by atoms with Crippen LogP contribution in [0.3, 0.4) is 0 Å². The Morgan fingerprint density at radius 1 is 1.40 bits per heavy atom. The Morgan fingerprint density at radius 3 is 2.72 bits per heavy atom. The summed E-state index contributed by atoms with van der Waals surface area (Å²) < 4.78 is 6.93. The lowest BCUT2D eigenvalue weighted by molar-refractivity contribution is -0.389. The maximum absolute atomic E-state index is 11.3. The zero-order chi connectivity index (χ0) is 18.6. The van der Waals surface area contributed by atoms with Crippen molar-refractivity contribution in [3.8, 4) is 11.1 Å². The van der Waals surface area contributed by atoms with E-state index in [0.29, 0.717) is 12.2 Å². The predicted octanol–water partition coefficient (Wildman–Crippen LogP) is 3.47. The molecule has 9 heteroatoms. The summed E-state index contributed by atoms with van der Waals surface area (Å²) in [6.07, 6.45) is 1.51. The van der Waals surface area contributed by atoms with Crippen molar-refractivity contribution in [1.82, 2.24) is 9.78 Å². The summed E-state index contributed by atoms with van der Waals surface area (Å²) in [6.45, 7) is 7.41. The highest BCUT2D eigenvalue weighted by Gasteiger charge is 2.23. The number of carboxylic acids is 1. The van der Waals surface area contributed by atoms with Crippen molar-refractivity contribution in [2.24, 2.45) is 0 Å². The Bertz CT molecular complexity index is 782. The molecular weight excluding hydrogens is 342 g/mol. The fourth-order valence-corrected chi connectivity index (χ4v) is 2.93. The first-order chi connectivity index (χ1) is 11.7. The Kier molecular flexibility index (Phi) is 5.70. The van der Waals surface area contributed by atoms with Crippen molar-refractivity contribution in [2.75, 3.05) is 6.61 Å². The van der Waals surface area contributed by atoms with Crippen LogP contribution in [0.25, 0.3) is 11.1 Å². The molecule has 0 radical (unpaired) electrons. The van der Waals surface area contributed by atoms with E-state index in [0.717, 1.165) is 6.04 Å². The topological polar surface area (TPSA) is 107 Å². The monoisotopic (exact) mass is 363 g/mol.